The molecule has 0 aliphatic carbocycles. The van der Waals surface area contributed by atoms with Gasteiger partial charge in [0.05, 0.1) is 17.0 Å². The molecule has 0 radical (unpaired) electrons. The first kappa shape index (κ1) is 16.9. The second kappa shape index (κ2) is 7.18. The highest BCUT2D eigenvalue weighted by Gasteiger charge is 2.21. The lowest BCUT2D eigenvalue weighted by atomic mass is 10.0. The molecule has 0 saturated heterocycles. The van der Waals surface area contributed by atoms with E-state index in [4.69, 9.17) is 27.9 Å². The van der Waals surface area contributed by atoms with Crippen molar-refractivity contribution in [1.82, 2.24) is 0 Å². The minimum absolute atomic E-state index is 0.357. The van der Waals surface area contributed by atoms with Crippen molar-refractivity contribution in [1.29, 1.82) is 0 Å². The van der Waals surface area contributed by atoms with Crippen molar-refractivity contribution in [2.24, 2.45) is 0 Å². The van der Waals surface area contributed by atoms with Crippen LogP contribution in [0.1, 0.15) is 16.5 Å². The fourth-order valence-corrected chi connectivity index (χ4v) is 4.32. The first-order valence-corrected chi connectivity index (χ1v) is 9.04. The summed E-state index contributed by atoms with van der Waals surface area (Å²) < 4.78 is 8.30. The minimum atomic E-state index is -0.357. The molecule has 6 heteroatoms. The molecule has 2 rings (SSSR count). The molecule has 0 aliphatic rings. The predicted octanol–water partition coefficient (Wildman–Crippen LogP) is 6.81. The summed E-state index contributed by atoms with van der Waals surface area (Å²) in [6, 6.07) is 9.66. The molecule has 0 aliphatic heterocycles. The van der Waals surface area contributed by atoms with Crippen LogP contribution in [0.5, 0.6) is 5.75 Å². The van der Waals surface area contributed by atoms with Crippen molar-refractivity contribution >= 4 is 77.7 Å². The van der Waals surface area contributed by atoms with Crippen LogP contribution >= 0.6 is 77.7 Å². The van der Waals surface area contributed by atoms with Gasteiger partial charge in [0.2, 0.25) is 0 Å². The van der Waals surface area contributed by atoms with E-state index in [9.17, 15) is 0 Å². The quantitative estimate of drug-likeness (QED) is 0.301. The van der Waals surface area contributed by atoms with E-state index in [1.807, 2.05) is 24.3 Å². The van der Waals surface area contributed by atoms with Crippen molar-refractivity contribution in [3.05, 3.63) is 59.0 Å². The molecule has 0 amide bonds. The zero-order chi connectivity index (χ0) is 14.9. The zero-order valence-electron chi connectivity index (χ0n) is 10.3. The van der Waals surface area contributed by atoms with Crippen LogP contribution in [0.4, 0.5) is 0 Å². The molecule has 2 aromatic rings. The largest absolute Gasteiger partial charge is 0.495 e. The Labute approximate surface area is 158 Å². The third-order valence-electron chi connectivity index (χ3n) is 2.75. The summed E-state index contributed by atoms with van der Waals surface area (Å²) in [6.07, 6.45) is 0. The SMILES string of the molecule is COc1c(Br)cc(Cl)cc1C(Cl)c1cc(I)ccc1Br. The van der Waals surface area contributed by atoms with Gasteiger partial charge in [-0.15, -0.1) is 11.6 Å². The molecule has 2 aromatic carbocycles. The van der Waals surface area contributed by atoms with Gasteiger partial charge in [-0.1, -0.05) is 27.5 Å². The van der Waals surface area contributed by atoms with Gasteiger partial charge in [-0.25, -0.2) is 0 Å². The van der Waals surface area contributed by atoms with Crippen molar-refractivity contribution in [2.45, 2.75) is 5.38 Å². The number of hydrogen-bond acceptors (Lipinski definition) is 1. The molecule has 20 heavy (non-hydrogen) atoms. The summed E-state index contributed by atoms with van der Waals surface area (Å²) in [5, 5.41) is 0.254. The van der Waals surface area contributed by atoms with Gasteiger partial charge >= 0.3 is 0 Å². The number of benzene rings is 2. The van der Waals surface area contributed by atoms with Crippen molar-refractivity contribution in [3.63, 3.8) is 0 Å². The summed E-state index contributed by atoms with van der Waals surface area (Å²) in [5.41, 5.74) is 1.81. The van der Waals surface area contributed by atoms with Crippen molar-refractivity contribution in [3.8, 4) is 5.75 Å². The summed E-state index contributed by atoms with van der Waals surface area (Å²) >= 11 is 22.0. The fraction of sp³-hybridized carbons (Fsp3) is 0.143. The van der Waals surface area contributed by atoms with E-state index >= 15 is 0 Å². The van der Waals surface area contributed by atoms with Crippen LogP contribution in [0.25, 0.3) is 0 Å². The van der Waals surface area contributed by atoms with E-state index < -0.39 is 0 Å². The summed E-state index contributed by atoms with van der Waals surface area (Å²) in [6.45, 7) is 0. The lowest BCUT2D eigenvalue weighted by Crippen LogP contribution is -2.00. The Morgan fingerprint density at radius 1 is 1.10 bits per heavy atom. The molecular weight excluding hydrogens is 542 g/mol. The van der Waals surface area contributed by atoms with Crippen molar-refractivity contribution in [2.75, 3.05) is 7.11 Å². The van der Waals surface area contributed by atoms with E-state index in [0.717, 1.165) is 23.6 Å². The lowest BCUT2D eigenvalue weighted by Gasteiger charge is -2.17. The van der Waals surface area contributed by atoms with Gasteiger partial charge in [-0.2, -0.15) is 0 Å². The molecular formula is C14H9Br2Cl2IO. The summed E-state index contributed by atoms with van der Waals surface area (Å²) in [5.74, 6) is 0.695. The van der Waals surface area contributed by atoms with Crippen LogP contribution in [0.15, 0.2) is 39.3 Å². The number of halogens is 5. The molecule has 1 unspecified atom stereocenters. The smallest absolute Gasteiger partial charge is 0.138 e. The van der Waals surface area contributed by atoms with E-state index in [1.54, 1.807) is 13.2 Å². The van der Waals surface area contributed by atoms with Crippen molar-refractivity contribution < 1.29 is 4.74 Å². The van der Waals surface area contributed by atoms with Gasteiger partial charge in [-0.05, 0) is 74.4 Å². The molecule has 1 nitrogen and oxygen atoms in total. The van der Waals surface area contributed by atoms with Crippen LogP contribution < -0.4 is 4.74 Å². The van der Waals surface area contributed by atoms with Gasteiger partial charge < -0.3 is 4.74 Å². The first-order valence-electron chi connectivity index (χ1n) is 5.56. The zero-order valence-corrected chi connectivity index (χ0v) is 17.1. The molecule has 0 heterocycles. The highest BCUT2D eigenvalue weighted by Crippen LogP contribution is 2.43. The van der Waals surface area contributed by atoms with E-state index in [2.05, 4.69) is 54.5 Å². The fourth-order valence-electron chi connectivity index (χ4n) is 1.86. The highest BCUT2D eigenvalue weighted by molar-refractivity contribution is 14.1. The third kappa shape index (κ3) is 3.64. The molecule has 0 bridgehead atoms. The molecule has 0 N–H and O–H groups in total. The maximum Gasteiger partial charge on any atom is 0.138 e. The Hall–Kier alpha value is 0.510. The number of methoxy groups -OCH3 is 1. The number of ether oxygens (including phenoxy) is 1. The van der Waals surface area contributed by atoms with E-state index in [1.165, 1.54) is 0 Å². The number of rotatable bonds is 3. The normalized spacial score (nSPS) is 12.3. The van der Waals surface area contributed by atoms with Gasteiger partial charge in [0, 0.05) is 18.6 Å². The summed E-state index contributed by atoms with van der Waals surface area (Å²) in [4.78, 5) is 0. The highest BCUT2D eigenvalue weighted by atomic mass is 127. The Bertz CT molecular complexity index is 649. The minimum Gasteiger partial charge on any atom is -0.495 e. The third-order valence-corrected chi connectivity index (χ3v) is 5.42. The Balaban J connectivity index is 2.58. The van der Waals surface area contributed by atoms with Crippen LogP contribution in [0, 0.1) is 3.57 Å². The van der Waals surface area contributed by atoms with E-state index in [0.29, 0.717) is 10.8 Å². The molecule has 106 valence electrons. The van der Waals surface area contributed by atoms with Gasteiger partial charge in [-0.3, -0.25) is 0 Å². The van der Waals surface area contributed by atoms with Gasteiger partial charge in [0.1, 0.15) is 5.75 Å². The van der Waals surface area contributed by atoms with Gasteiger partial charge in [0.25, 0.3) is 0 Å². The average Bonchev–Trinajstić information content (AvgIpc) is 2.40. The molecule has 0 spiro atoms. The lowest BCUT2D eigenvalue weighted by molar-refractivity contribution is 0.407. The monoisotopic (exact) mass is 548 g/mol. The first-order chi connectivity index (χ1) is 9.43. The Kier molecular flexibility index (Phi) is 6.06. The maximum absolute atomic E-state index is 6.64. The van der Waals surface area contributed by atoms with Gasteiger partial charge in [0.15, 0.2) is 0 Å². The predicted molar refractivity (Wildman–Crippen MR) is 100 cm³/mol. The molecule has 1 atom stereocenters. The average molecular weight is 551 g/mol. The number of alkyl halides is 1. The topological polar surface area (TPSA) is 9.23 Å². The van der Waals surface area contributed by atoms with E-state index in [-0.39, 0.29) is 5.38 Å². The van der Waals surface area contributed by atoms with Crippen LogP contribution in [-0.2, 0) is 0 Å². The maximum atomic E-state index is 6.64. The second-order valence-electron chi connectivity index (χ2n) is 4.04. The Morgan fingerprint density at radius 2 is 1.80 bits per heavy atom. The number of hydrogen-bond donors (Lipinski definition) is 0. The second-order valence-corrected chi connectivity index (χ2v) is 7.87. The Morgan fingerprint density at radius 3 is 2.45 bits per heavy atom. The molecule has 0 aromatic heterocycles. The standard InChI is InChI=1S/C14H9Br2Cl2IO/c1-20-14-10(4-7(17)5-12(14)16)13(18)9-6-8(19)2-3-11(9)15/h2-6,13H,1H3. The van der Waals surface area contributed by atoms with Crippen LogP contribution in [-0.4, -0.2) is 7.11 Å². The van der Waals surface area contributed by atoms with Crippen LogP contribution in [0.3, 0.4) is 0 Å². The molecule has 0 saturated carbocycles. The summed E-state index contributed by atoms with van der Waals surface area (Å²) in [7, 11) is 1.62. The molecule has 0 fully saturated rings. The van der Waals surface area contributed by atoms with Crippen LogP contribution in [0.2, 0.25) is 5.02 Å².